The van der Waals surface area contributed by atoms with Gasteiger partial charge in [-0.25, -0.2) is 4.39 Å². The summed E-state index contributed by atoms with van der Waals surface area (Å²) in [5.41, 5.74) is 2.90. The Balaban J connectivity index is 3.04. The second-order valence-electron chi connectivity index (χ2n) is 3.31. The summed E-state index contributed by atoms with van der Waals surface area (Å²) in [7, 11) is 0. The van der Waals surface area contributed by atoms with Crippen molar-refractivity contribution in [1.29, 1.82) is 0 Å². The van der Waals surface area contributed by atoms with Crippen LogP contribution < -0.4 is 11.1 Å². The summed E-state index contributed by atoms with van der Waals surface area (Å²) in [4.78, 5) is 11.4. The standard InChI is InChI=1S/C10H8F4N2OS/c11-8-5(9(17)16-4-7(15)18)2-1-3-6(8)10(12,13)14/h1-3H,4H2,(H2,15,18)(H,16,17). The molecule has 1 aromatic rings. The number of carbonyl (C=O) groups excluding carboxylic acids is 1. The molecular formula is C10H8F4N2OS. The highest BCUT2D eigenvalue weighted by molar-refractivity contribution is 7.80. The number of carbonyl (C=O) groups is 1. The summed E-state index contributed by atoms with van der Waals surface area (Å²) >= 11 is 4.47. The molecular weight excluding hydrogens is 272 g/mol. The van der Waals surface area contributed by atoms with Crippen LogP contribution >= 0.6 is 12.2 Å². The van der Waals surface area contributed by atoms with Crippen molar-refractivity contribution in [3.05, 3.63) is 35.1 Å². The molecule has 3 N–H and O–H groups in total. The molecule has 0 aliphatic heterocycles. The average Bonchev–Trinajstić information content (AvgIpc) is 2.24. The largest absolute Gasteiger partial charge is 0.419 e. The zero-order chi connectivity index (χ0) is 13.9. The van der Waals surface area contributed by atoms with Crippen LogP contribution in [0.4, 0.5) is 17.6 Å². The second kappa shape index (κ2) is 5.30. The number of rotatable bonds is 3. The summed E-state index contributed by atoms with van der Waals surface area (Å²) < 4.78 is 50.7. The van der Waals surface area contributed by atoms with Crippen molar-refractivity contribution in [2.75, 3.05) is 6.54 Å². The summed E-state index contributed by atoms with van der Waals surface area (Å²) in [5, 5.41) is 2.11. The Morgan fingerprint density at radius 1 is 1.39 bits per heavy atom. The van der Waals surface area contributed by atoms with Gasteiger partial charge in [0.15, 0.2) is 0 Å². The lowest BCUT2D eigenvalue weighted by atomic mass is 10.1. The highest BCUT2D eigenvalue weighted by Gasteiger charge is 2.35. The number of hydrogen-bond acceptors (Lipinski definition) is 2. The number of halogens is 4. The van der Waals surface area contributed by atoms with Crippen molar-refractivity contribution in [2.24, 2.45) is 5.73 Å². The zero-order valence-electron chi connectivity index (χ0n) is 8.84. The minimum absolute atomic E-state index is 0.0595. The first-order chi connectivity index (χ1) is 8.23. The number of amides is 1. The van der Waals surface area contributed by atoms with E-state index in [-0.39, 0.29) is 11.5 Å². The highest BCUT2D eigenvalue weighted by Crippen LogP contribution is 2.32. The fourth-order valence-electron chi connectivity index (χ4n) is 1.19. The lowest BCUT2D eigenvalue weighted by Gasteiger charge is -2.11. The number of nitrogens with one attached hydrogen (secondary N) is 1. The molecule has 0 aliphatic rings. The number of nitrogens with two attached hydrogens (primary N) is 1. The molecule has 0 heterocycles. The molecule has 1 rings (SSSR count). The van der Waals surface area contributed by atoms with Gasteiger partial charge in [-0.15, -0.1) is 0 Å². The van der Waals surface area contributed by atoms with Crippen LogP contribution in [0.5, 0.6) is 0 Å². The molecule has 98 valence electrons. The minimum atomic E-state index is -4.86. The SMILES string of the molecule is NC(=S)CNC(=O)c1cccc(C(F)(F)F)c1F. The summed E-state index contributed by atoms with van der Waals surface area (Å²) in [6.07, 6.45) is -4.86. The number of benzene rings is 1. The highest BCUT2D eigenvalue weighted by atomic mass is 32.1. The van der Waals surface area contributed by atoms with Crippen molar-refractivity contribution >= 4 is 23.1 Å². The van der Waals surface area contributed by atoms with Crippen LogP contribution in [0, 0.1) is 5.82 Å². The predicted octanol–water partition coefficient (Wildman–Crippen LogP) is 1.86. The maximum Gasteiger partial charge on any atom is 0.419 e. The molecule has 0 bridgehead atoms. The summed E-state index contributed by atoms with van der Waals surface area (Å²) in [6, 6.07) is 2.45. The van der Waals surface area contributed by atoms with Gasteiger partial charge in [0.2, 0.25) is 0 Å². The van der Waals surface area contributed by atoms with Gasteiger partial charge < -0.3 is 11.1 Å². The molecule has 0 aliphatic carbocycles. The van der Waals surface area contributed by atoms with E-state index < -0.39 is 29.0 Å². The van der Waals surface area contributed by atoms with Gasteiger partial charge in [-0.05, 0) is 12.1 Å². The van der Waals surface area contributed by atoms with Gasteiger partial charge in [0, 0.05) is 0 Å². The quantitative estimate of drug-likeness (QED) is 0.656. The van der Waals surface area contributed by atoms with E-state index in [0.717, 1.165) is 12.1 Å². The van der Waals surface area contributed by atoms with E-state index in [1.807, 2.05) is 0 Å². The Labute approximate surface area is 105 Å². The normalized spacial score (nSPS) is 11.1. The predicted molar refractivity (Wildman–Crippen MR) is 60.5 cm³/mol. The Bertz CT molecular complexity index is 487. The van der Waals surface area contributed by atoms with Gasteiger partial charge in [0.1, 0.15) is 5.82 Å². The molecule has 0 unspecified atom stereocenters. The number of hydrogen-bond donors (Lipinski definition) is 2. The monoisotopic (exact) mass is 280 g/mol. The van der Waals surface area contributed by atoms with Gasteiger partial charge in [0.05, 0.1) is 22.7 Å². The Hall–Kier alpha value is -1.70. The minimum Gasteiger partial charge on any atom is -0.392 e. The van der Waals surface area contributed by atoms with E-state index in [1.165, 1.54) is 0 Å². The van der Waals surface area contributed by atoms with Gasteiger partial charge in [-0.2, -0.15) is 13.2 Å². The van der Waals surface area contributed by atoms with E-state index in [2.05, 4.69) is 17.5 Å². The van der Waals surface area contributed by atoms with E-state index in [9.17, 15) is 22.4 Å². The first kappa shape index (κ1) is 14.4. The van der Waals surface area contributed by atoms with Crippen LogP contribution in [0.2, 0.25) is 0 Å². The Kier molecular flexibility index (Phi) is 4.23. The maximum atomic E-state index is 13.5. The van der Waals surface area contributed by atoms with Crippen molar-refractivity contribution in [3.63, 3.8) is 0 Å². The first-order valence-electron chi connectivity index (χ1n) is 4.65. The molecule has 0 radical (unpaired) electrons. The van der Waals surface area contributed by atoms with E-state index in [0.29, 0.717) is 6.07 Å². The van der Waals surface area contributed by atoms with Crippen LogP contribution in [-0.2, 0) is 6.18 Å². The first-order valence-corrected chi connectivity index (χ1v) is 5.06. The molecule has 18 heavy (non-hydrogen) atoms. The van der Waals surface area contributed by atoms with E-state index in [1.54, 1.807) is 0 Å². The fourth-order valence-corrected chi connectivity index (χ4v) is 1.26. The molecule has 0 fully saturated rings. The van der Waals surface area contributed by atoms with E-state index in [4.69, 9.17) is 5.73 Å². The van der Waals surface area contributed by atoms with Crippen molar-refractivity contribution in [3.8, 4) is 0 Å². The molecule has 0 spiro atoms. The molecule has 8 heteroatoms. The second-order valence-corrected chi connectivity index (χ2v) is 3.84. The molecule has 0 saturated heterocycles. The third-order valence-electron chi connectivity index (χ3n) is 1.97. The van der Waals surface area contributed by atoms with Crippen molar-refractivity contribution in [2.45, 2.75) is 6.18 Å². The van der Waals surface area contributed by atoms with Crippen LogP contribution in [0.3, 0.4) is 0 Å². The Morgan fingerprint density at radius 2 is 2.00 bits per heavy atom. The number of thiocarbonyl (C=S) groups is 1. The van der Waals surface area contributed by atoms with Crippen LogP contribution in [0.25, 0.3) is 0 Å². The summed E-state index contributed by atoms with van der Waals surface area (Å²) in [6.45, 7) is -0.218. The third-order valence-corrected chi connectivity index (χ3v) is 2.12. The molecule has 0 saturated carbocycles. The maximum absolute atomic E-state index is 13.5. The van der Waals surface area contributed by atoms with Gasteiger partial charge in [-0.3, -0.25) is 4.79 Å². The van der Waals surface area contributed by atoms with Crippen molar-refractivity contribution in [1.82, 2.24) is 5.32 Å². The average molecular weight is 280 g/mol. The smallest absolute Gasteiger partial charge is 0.392 e. The molecule has 3 nitrogen and oxygen atoms in total. The van der Waals surface area contributed by atoms with Gasteiger partial charge in [0.25, 0.3) is 5.91 Å². The zero-order valence-corrected chi connectivity index (χ0v) is 9.66. The van der Waals surface area contributed by atoms with Crippen LogP contribution in [0.15, 0.2) is 18.2 Å². The van der Waals surface area contributed by atoms with E-state index >= 15 is 0 Å². The number of alkyl halides is 3. The van der Waals surface area contributed by atoms with Gasteiger partial charge in [-0.1, -0.05) is 18.3 Å². The van der Waals surface area contributed by atoms with Gasteiger partial charge >= 0.3 is 6.18 Å². The van der Waals surface area contributed by atoms with Crippen LogP contribution in [0.1, 0.15) is 15.9 Å². The molecule has 1 amide bonds. The van der Waals surface area contributed by atoms with Crippen LogP contribution in [-0.4, -0.2) is 17.4 Å². The Morgan fingerprint density at radius 3 is 2.50 bits per heavy atom. The lowest BCUT2D eigenvalue weighted by Crippen LogP contribution is -2.33. The lowest BCUT2D eigenvalue weighted by molar-refractivity contribution is -0.140. The third kappa shape index (κ3) is 3.39. The molecule has 0 aromatic heterocycles. The summed E-state index contributed by atoms with van der Waals surface area (Å²) in [5.74, 6) is -2.63. The molecule has 0 atom stereocenters. The van der Waals surface area contributed by atoms with Crippen molar-refractivity contribution < 1.29 is 22.4 Å². The topological polar surface area (TPSA) is 55.1 Å². The molecule has 1 aromatic carbocycles. The fraction of sp³-hybridized carbons (Fsp3) is 0.200.